The van der Waals surface area contributed by atoms with E-state index in [1.54, 1.807) is 23.9 Å². The molecule has 0 spiro atoms. The molecule has 0 aromatic heterocycles. The van der Waals surface area contributed by atoms with E-state index in [2.05, 4.69) is 10.2 Å². The minimum atomic E-state index is -0.101. The maximum Gasteiger partial charge on any atom is 0.147 e. The van der Waals surface area contributed by atoms with Crippen molar-refractivity contribution < 1.29 is 4.39 Å². The standard InChI is InChI=1S/C13H19FN2S/c1-15-8-4-5-10-9-17-12-7-3-6-11(14)13(12)16(10)2/h3,6-7,10,15H,4-5,8-9H2,1-2H3. The molecule has 0 radical (unpaired) electrons. The Hall–Kier alpha value is -0.740. The zero-order valence-electron chi connectivity index (χ0n) is 10.4. The Morgan fingerprint density at radius 2 is 2.35 bits per heavy atom. The number of thioether (sulfide) groups is 1. The summed E-state index contributed by atoms with van der Waals surface area (Å²) in [6.45, 7) is 1.03. The minimum absolute atomic E-state index is 0.101. The van der Waals surface area contributed by atoms with Gasteiger partial charge in [0, 0.05) is 23.7 Å². The van der Waals surface area contributed by atoms with Crippen LogP contribution in [0.3, 0.4) is 0 Å². The fourth-order valence-electron chi connectivity index (χ4n) is 2.23. The second-order valence-electron chi connectivity index (χ2n) is 4.41. The van der Waals surface area contributed by atoms with Crippen LogP contribution >= 0.6 is 11.8 Å². The molecule has 17 heavy (non-hydrogen) atoms. The van der Waals surface area contributed by atoms with Gasteiger partial charge in [-0.15, -0.1) is 11.8 Å². The molecule has 1 aliphatic heterocycles. The van der Waals surface area contributed by atoms with Crippen LogP contribution in [0.2, 0.25) is 0 Å². The number of halogens is 1. The summed E-state index contributed by atoms with van der Waals surface area (Å²) in [7, 11) is 3.97. The molecule has 0 saturated heterocycles. The summed E-state index contributed by atoms with van der Waals surface area (Å²) in [5.74, 6) is 0.951. The molecule has 1 heterocycles. The summed E-state index contributed by atoms with van der Waals surface area (Å²) in [4.78, 5) is 3.17. The molecule has 2 rings (SSSR count). The summed E-state index contributed by atoms with van der Waals surface area (Å²) in [5, 5.41) is 3.15. The molecule has 1 atom stereocenters. The largest absolute Gasteiger partial charge is 0.367 e. The van der Waals surface area contributed by atoms with Crippen LogP contribution in [0, 0.1) is 5.82 Å². The van der Waals surface area contributed by atoms with Crippen LogP contribution in [0.4, 0.5) is 10.1 Å². The molecule has 1 aromatic carbocycles. The summed E-state index contributed by atoms with van der Waals surface area (Å²) >= 11 is 1.77. The number of hydrogen-bond donors (Lipinski definition) is 1. The van der Waals surface area contributed by atoms with Crippen molar-refractivity contribution in [2.24, 2.45) is 0 Å². The molecule has 1 aliphatic rings. The molecular formula is C13H19FN2S. The predicted octanol–water partition coefficient (Wildman–Crippen LogP) is 2.74. The Bertz CT molecular complexity index is 384. The van der Waals surface area contributed by atoms with Crippen LogP contribution < -0.4 is 10.2 Å². The normalized spacial score (nSPS) is 19.2. The van der Waals surface area contributed by atoms with Crippen LogP contribution in [0.15, 0.2) is 23.1 Å². The van der Waals surface area contributed by atoms with E-state index in [1.165, 1.54) is 0 Å². The van der Waals surface area contributed by atoms with E-state index in [1.807, 2.05) is 20.2 Å². The van der Waals surface area contributed by atoms with Crippen molar-refractivity contribution in [1.29, 1.82) is 0 Å². The number of benzene rings is 1. The average molecular weight is 254 g/mol. The lowest BCUT2D eigenvalue weighted by Crippen LogP contribution is -2.37. The van der Waals surface area contributed by atoms with Gasteiger partial charge in [0.25, 0.3) is 0 Å². The van der Waals surface area contributed by atoms with E-state index in [9.17, 15) is 4.39 Å². The fraction of sp³-hybridized carbons (Fsp3) is 0.538. The van der Waals surface area contributed by atoms with Gasteiger partial charge in [-0.05, 0) is 38.6 Å². The van der Waals surface area contributed by atoms with Crippen LogP contribution in [-0.2, 0) is 0 Å². The number of nitrogens with zero attached hydrogens (tertiary/aromatic N) is 1. The lowest BCUT2D eigenvalue weighted by atomic mass is 10.1. The lowest BCUT2D eigenvalue weighted by molar-refractivity contribution is 0.557. The topological polar surface area (TPSA) is 15.3 Å². The van der Waals surface area contributed by atoms with Gasteiger partial charge in [0.15, 0.2) is 0 Å². The quantitative estimate of drug-likeness (QED) is 0.832. The summed E-state index contributed by atoms with van der Waals surface area (Å²) in [6, 6.07) is 5.78. The van der Waals surface area contributed by atoms with E-state index in [0.717, 1.165) is 35.7 Å². The van der Waals surface area contributed by atoms with E-state index in [-0.39, 0.29) is 5.82 Å². The second kappa shape index (κ2) is 5.74. The summed E-state index contributed by atoms with van der Waals surface area (Å²) < 4.78 is 13.8. The van der Waals surface area contributed by atoms with Crippen molar-refractivity contribution in [1.82, 2.24) is 5.32 Å². The first-order valence-corrected chi connectivity index (χ1v) is 7.01. The number of anilines is 1. The number of hydrogen-bond acceptors (Lipinski definition) is 3. The van der Waals surface area contributed by atoms with Crippen LogP contribution in [0.5, 0.6) is 0 Å². The fourth-order valence-corrected chi connectivity index (χ4v) is 3.54. The Balaban J connectivity index is 2.09. The zero-order valence-corrected chi connectivity index (χ0v) is 11.2. The maximum absolute atomic E-state index is 13.8. The van der Waals surface area contributed by atoms with Crippen molar-refractivity contribution >= 4 is 17.4 Å². The summed E-state index contributed by atoms with van der Waals surface area (Å²) in [6.07, 6.45) is 2.24. The van der Waals surface area contributed by atoms with Gasteiger partial charge < -0.3 is 10.2 Å². The number of para-hydroxylation sites is 1. The van der Waals surface area contributed by atoms with Crippen molar-refractivity contribution in [3.05, 3.63) is 24.0 Å². The van der Waals surface area contributed by atoms with Gasteiger partial charge in [-0.2, -0.15) is 0 Å². The third-order valence-electron chi connectivity index (χ3n) is 3.25. The molecule has 0 aliphatic carbocycles. The number of rotatable bonds is 4. The van der Waals surface area contributed by atoms with Crippen molar-refractivity contribution in [2.75, 3.05) is 31.3 Å². The lowest BCUT2D eigenvalue weighted by Gasteiger charge is -2.35. The molecule has 0 amide bonds. The van der Waals surface area contributed by atoms with Crippen LogP contribution in [0.25, 0.3) is 0 Å². The van der Waals surface area contributed by atoms with Gasteiger partial charge in [0.05, 0.1) is 5.69 Å². The van der Waals surface area contributed by atoms with Gasteiger partial charge in [0.1, 0.15) is 5.82 Å². The Labute approximate surface area is 107 Å². The molecule has 1 aromatic rings. The van der Waals surface area contributed by atoms with Gasteiger partial charge in [-0.1, -0.05) is 6.07 Å². The van der Waals surface area contributed by atoms with Gasteiger partial charge in [-0.3, -0.25) is 0 Å². The molecule has 4 heteroatoms. The van der Waals surface area contributed by atoms with Crippen molar-refractivity contribution in [3.8, 4) is 0 Å². The molecule has 0 fully saturated rings. The third-order valence-corrected chi connectivity index (χ3v) is 4.44. The smallest absolute Gasteiger partial charge is 0.147 e. The second-order valence-corrected chi connectivity index (χ2v) is 5.47. The SMILES string of the molecule is CNCCCC1CSc2cccc(F)c2N1C. The van der Waals surface area contributed by atoms with Gasteiger partial charge >= 0.3 is 0 Å². The number of nitrogens with one attached hydrogen (secondary N) is 1. The minimum Gasteiger partial charge on any atom is -0.367 e. The Kier molecular flexibility index (Phi) is 4.29. The van der Waals surface area contributed by atoms with Crippen molar-refractivity contribution in [3.63, 3.8) is 0 Å². The van der Waals surface area contributed by atoms with E-state index in [4.69, 9.17) is 0 Å². The van der Waals surface area contributed by atoms with Gasteiger partial charge in [-0.25, -0.2) is 4.39 Å². The molecule has 1 unspecified atom stereocenters. The van der Waals surface area contributed by atoms with Crippen molar-refractivity contribution in [2.45, 2.75) is 23.8 Å². The van der Waals surface area contributed by atoms with Gasteiger partial charge in [0.2, 0.25) is 0 Å². The highest BCUT2D eigenvalue weighted by Crippen LogP contribution is 2.39. The third kappa shape index (κ3) is 2.75. The molecule has 94 valence electrons. The average Bonchev–Trinajstić information content (AvgIpc) is 2.32. The number of fused-ring (bicyclic) bond motifs is 1. The molecular weight excluding hydrogens is 235 g/mol. The molecule has 2 nitrogen and oxygen atoms in total. The monoisotopic (exact) mass is 254 g/mol. The van der Waals surface area contributed by atoms with Crippen LogP contribution in [-0.4, -0.2) is 32.4 Å². The maximum atomic E-state index is 13.8. The predicted molar refractivity (Wildman–Crippen MR) is 72.5 cm³/mol. The Morgan fingerprint density at radius 1 is 1.53 bits per heavy atom. The highest BCUT2D eigenvalue weighted by molar-refractivity contribution is 7.99. The first-order valence-electron chi connectivity index (χ1n) is 6.02. The zero-order chi connectivity index (χ0) is 12.3. The summed E-state index contributed by atoms with van der Waals surface area (Å²) in [5.41, 5.74) is 0.776. The van der Waals surface area contributed by atoms with Crippen LogP contribution in [0.1, 0.15) is 12.8 Å². The first-order chi connectivity index (χ1) is 8.24. The van der Waals surface area contributed by atoms with E-state index >= 15 is 0 Å². The highest BCUT2D eigenvalue weighted by atomic mass is 32.2. The molecule has 1 N–H and O–H groups in total. The molecule has 0 bridgehead atoms. The van der Waals surface area contributed by atoms with E-state index in [0.29, 0.717) is 6.04 Å². The van der Waals surface area contributed by atoms with E-state index < -0.39 is 0 Å². The highest BCUT2D eigenvalue weighted by Gasteiger charge is 2.25. The Morgan fingerprint density at radius 3 is 3.12 bits per heavy atom. The first kappa shape index (κ1) is 12.7. The molecule has 0 saturated carbocycles.